The molecule has 0 aliphatic rings. The molecule has 0 radical (unpaired) electrons. The third-order valence-corrected chi connectivity index (χ3v) is 7.14. The van der Waals surface area contributed by atoms with E-state index >= 15 is 0 Å². The van der Waals surface area contributed by atoms with E-state index in [-0.39, 0.29) is 29.6 Å². The largest absolute Gasteiger partial charge is 1.00 e. The van der Waals surface area contributed by atoms with Gasteiger partial charge in [0.15, 0.2) is 0 Å². The van der Waals surface area contributed by atoms with E-state index in [4.69, 9.17) is 0 Å². The molecule has 0 aliphatic carbocycles. The van der Waals surface area contributed by atoms with Crippen LogP contribution in [-0.2, 0) is 12.0 Å². The molecular formula is FeN6NaO12+. The molecule has 0 aromatic rings. The van der Waals surface area contributed by atoms with Crippen LogP contribution in [0.25, 0.3) is 0 Å². The van der Waals surface area contributed by atoms with Crippen LogP contribution in [0.4, 0.5) is 0 Å². The Morgan fingerprint density at radius 1 is 0.450 bits per heavy atom. The maximum atomic E-state index is 10.5. The summed E-state index contributed by atoms with van der Waals surface area (Å²) in [6.07, 6.45) is 0. The zero-order valence-electron chi connectivity index (χ0n) is 8.94. The molecule has 0 rings (SSSR count). The first kappa shape index (κ1) is 20.2. The van der Waals surface area contributed by atoms with Crippen LogP contribution < -0.4 is 29.6 Å². The average molecular weight is 355 g/mol. The third-order valence-electron chi connectivity index (χ3n) is 1.73. The van der Waals surface area contributed by atoms with E-state index in [0.29, 0.717) is 0 Å². The van der Waals surface area contributed by atoms with Gasteiger partial charge in [0, 0.05) is 0 Å². The minimum absolute atomic E-state index is 0. The predicted octanol–water partition coefficient (Wildman–Crippen LogP) is -4.63. The molecule has 0 unspecified atom stereocenters. The summed E-state index contributed by atoms with van der Waals surface area (Å²) < 4.78 is -19.5. The molecule has 0 spiro atoms. The zero-order chi connectivity index (χ0) is 15.9. The van der Waals surface area contributed by atoms with Gasteiger partial charge >= 0.3 is 126 Å². The van der Waals surface area contributed by atoms with E-state index in [9.17, 15) is 60.7 Å². The molecule has 110 valence electrons. The quantitative estimate of drug-likeness (QED) is 0.247. The smallest absolute Gasteiger partial charge is 1.00 e. The second kappa shape index (κ2) is 4.49. The molecule has 0 N–H and O–H groups in total. The minimum Gasteiger partial charge on any atom is 1.00 e. The summed E-state index contributed by atoms with van der Waals surface area (Å²) in [7, 11) is 0. The summed E-state index contributed by atoms with van der Waals surface area (Å²) in [6, 6.07) is 0. The van der Waals surface area contributed by atoms with Crippen LogP contribution in [0, 0.1) is 60.7 Å². The van der Waals surface area contributed by atoms with E-state index in [2.05, 4.69) is 0 Å². The molecular weight excluding hydrogens is 355 g/mol. The summed E-state index contributed by atoms with van der Waals surface area (Å²) in [5.41, 5.74) is 0. The molecule has 0 saturated carbocycles. The monoisotopic (exact) mass is 355 g/mol. The second-order valence-corrected chi connectivity index (χ2v) is 8.01. The topological polar surface area (TPSA) is 259 Å². The van der Waals surface area contributed by atoms with E-state index in [1.54, 1.807) is 0 Å². The fourth-order valence-electron chi connectivity index (χ4n) is 0.707. The summed E-state index contributed by atoms with van der Waals surface area (Å²) >= 11 is -10.4. The first-order valence-electron chi connectivity index (χ1n) is 3.14. The SMILES string of the molecule is O=[N+]([O-])[Fe]([N+](=O)[O-])([N+](=O)[O-])([N+](=O)[O-])([N+](=O)[O-])[N+](=O)[O-].[Na+]. The van der Waals surface area contributed by atoms with Gasteiger partial charge in [-0.15, -0.1) is 0 Å². The first-order valence-corrected chi connectivity index (χ1v) is 6.10. The second-order valence-electron chi connectivity index (χ2n) is 2.28. The first-order chi connectivity index (χ1) is 8.34. The summed E-state index contributed by atoms with van der Waals surface area (Å²) in [5, 5.41) is 63.2. The van der Waals surface area contributed by atoms with Gasteiger partial charge in [-0.3, -0.25) is 0 Å². The Morgan fingerprint density at radius 2 is 0.550 bits per heavy atom. The van der Waals surface area contributed by atoms with Gasteiger partial charge in [-0.2, -0.15) is 0 Å². The van der Waals surface area contributed by atoms with Gasteiger partial charge in [0.05, 0.1) is 0 Å². The standard InChI is InChI=1S/Fe.6NO2.Na/c;6*2-1-3;/q;;;;;;;+1. The molecule has 18 nitrogen and oxygen atoms in total. The maximum absolute atomic E-state index is 10.5. The zero-order valence-corrected chi connectivity index (χ0v) is 12.0. The van der Waals surface area contributed by atoms with Crippen molar-refractivity contribution < 1.29 is 65.2 Å². The Hall–Kier alpha value is -2.08. The normalized spacial score (nSPS) is 13.8. The van der Waals surface area contributed by atoms with Crippen molar-refractivity contribution in [3.05, 3.63) is 60.7 Å². The Bertz CT molecular complexity index is 431. The van der Waals surface area contributed by atoms with E-state index in [1.165, 1.54) is 0 Å². The van der Waals surface area contributed by atoms with Gasteiger partial charge in [-0.1, -0.05) is 0 Å². The van der Waals surface area contributed by atoms with Crippen molar-refractivity contribution >= 4 is 0 Å². The molecule has 0 bridgehead atoms. The number of hydrogen-bond acceptors (Lipinski definition) is 12. The van der Waals surface area contributed by atoms with Crippen molar-refractivity contribution in [2.24, 2.45) is 0 Å². The summed E-state index contributed by atoms with van der Waals surface area (Å²) in [6.45, 7) is 0. The van der Waals surface area contributed by atoms with Gasteiger partial charge < -0.3 is 0 Å². The molecule has 0 amide bonds. The van der Waals surface area contributed by atoms with Crippen LogP contribution in [0.1, 0.15) is 0 Å². The van der Waals surface area contributed by atoms with Gasteiger partial charge in [-0.05, 0) is 0 Å². The van der Waals surface area contributed by atoms with Crippen molar-refractivity contribution in [2.45, 2.75) is 0 Å². The number of nitro groups is 6. The number of rotatable bonds is 6. The maximum Gasteiger partial charge on any atom is 1.00 e. The number of nitrogens with zero attached hydrogens (tertiary/aromatic N) is 6. The molecule has 0 aromatic heterocycles. The fourth-order valence-corrected chi connectivity index (χ4v) is 2.92. The Morgan fingerprint density at radius 3 is 0.550 bits per heavy atom. The van der Waals surface area contributed by atoms with E-state index < -0.39 is 35.7 Å². The van der Waals surface area contributed by atoms with Gasteiger partial charge in [0.1, 0.15) is 0 Å². The molecule has 0 aliphatic heterocycles. The van der Waals surface area contributed by atoms with Gasteiger partial charge in [0.2, 0.25) is 0 Å². The molecule has 0 fully saturated rings. The van der Waals surface area contributed by atoms with Gasteiger partial charge in [0.25, 0.3) is 0 Å². The van der Waals surface area contributed by atoms with Crippen molar-refractivity contribution in [1.82, 2.24) is 0 Å². The van der Waals surface area contributed by atoms with Crippen molar-refractivity contribution in [3.8, 4) is 0 Å². The fraction of sp³-hybridized carbons (Fsp3) is 0. The summed E-state index contributed by atoms with van der Waals surface area (Å²) in [4.78, 5) is 63.2. The molecule has 0 heterocycles. The molecule has 0 atom stereocenters. The summed E-state index contributed by atoms with van der Waals surface area (Å²) in [5.74, 6) is 0. The number of hydrogen-bond donors (Lipinski definition) is 0. The predicted molar refractivity (Wildman–Crippen MR) is 42.0 cm³/mol. The van der Waals surface area contributed by atoms with E-state index in [1.807, 2.05) is 0 Å². The third kappa shape index (κ3) is 1.06. The van der Waals surface area contributed by atoms with Gasteiger partial charge in [-0.25, -0.2) is 0 Å². The molecule has 0 saturated heterocycles. The molecule has 20 heteroatoms. The average Bonchev–Trinajstić information content (AvgIpc) is 2.15. The van der Waals surface area contributed by atoms with Crippen LogP contribution in [0.3, 0.4) is 0 Å². The van der Waals surface area contributed by atoms with Crippen molar-refractivity contribution in [2.75, 3.05) is 0 Å². The van der Waals surface area contributed by atoms with Crippen LogP contribution >= 0.6 is 0 Å². The van der Waals surface area contributed by atoms with Crippen LogP contribution in [0.2, 0.25) is 0 Å². The van der Waals surface area contributed by atoms with Crippen LogP contribution in [0.5, 0.6) is 0 Å². The molecule has 0 aromatic carbocycles. The van der Waals surface area contributed by atoms with E-state index in [0.717, 1.165) is 0 Å². The van der Waals surface area contributed by atoms with Crippen molar-refractivity contribution in [1.29, 1.82) is 0 Å². The Kier molecular flexibility index (Phi) is 4.54. The van der Waals surface area contributed by atoms with Crippen LogP contribution in [0.15, 0.2) is 0 Å². The minimum atomic E-state index is -10.4. The van der Waals surface area contributed by atoms with Crippen molar-refractivity contribution in [3.63, 3.8) is 0 Å². The van der Waals surface area contributed by atoms with Crippen LogP contribution in [-0.4, -0.2) is 23.6 Å². The Balaban J connectivity index is 0. The molecule has 20 heavy (non-hydrogen) atoms. The Labute approximate surface area is 126 Å².